The lowest BCUT2D eigenvalue weighted by atomic mass is 10.2. The Balaban J connectivity index is 2.02. The second kappa shape index (κ2) is 4.51. The van der Waals surface area contributed by atoms with Gasteiger partial charge in [0, 0.05) is 17.7 Å². The summed E-state index contributed by atoms with van der Waals surface area (Å²) < 4.78 is 10.0. The number of carbonyl (C=O) groups is 1. The Kier molecular flexibility index (Phi) is 3.08. The molecule has 2 rings (SSSR count). The number of pyridine rings is 1. The van der Waals surface area contributed by atoms with Crippen LogP contribution in [0.25, 0.3) is 0 Å². The molecule has 0 spiro atoms. The molecule has 1 aliphatic carbocycles. The molecule has 0 radical (unpaired) electrons. The maximum atomic E-state index is 11.5. The van der Waals surface area contributed by atoms with Crippen LogP contribution in [0.5, 0.6) is 5.88 Å². The van der Waals surface area contributed by atoms with E-state index in [0.717, 1.165) is 12.1 Å². The molecule has 0 saturated heterocycles. The van der Waals surface area contributed by atoms with Gasteiger partial charge < -0.3 is 9.47 Å². The second-order valence-electron chi connectivity index (χ2n) is 3.81. The topological polar surface area (TPSA) is 48.4 Å². The monoisotopic (exact) mass is 221 g/mol. The highest BCUT2D eigenvalue weighted by molar-refractivity contribution is 5.77. The zero-order chi connectivity index (χ0) is 11.5. The van der Waals surface area contributed by atoms with Crippen molar-refractivity contribution in [1.82, 2.24) is 4.98 Å². The van der Waals surface area contributed by atoms with E-state index in [1.54, 1.807) is 13.2 Å². The summed E-state index contributed by atoms with van der Waals surface area (Å²) in [5.74, 6) is 0.665. The van der Waals surface area contributed by atoms with Gasteiger partial charge in [-0.2, -0.15) is 0 Å². The summed E-state index contributed by atoms with van der Waals surface area (Å²) in [7, 11) is 1.59. The maximum absolute atomic E-state index is 11.5. The highest BCUT2D eigenvalue weighted by Crippen LogP contribution is 2.47. The Bertz CT molecular complexity index is 392. The summed E-state index contributed by atoms with van der Waals surface area (Å²) in [6, 6.07) is 5.61. The van der Waals surface area contributed by atoms with Gasteiger partial charge in [0.05, 0.1) is 19.6 Å². The average Bonchev–Trinajstić information content (AvgIpc) is 3.09. The smallest absolute Gasteiger partial charge is 0.309 e. The Hall–Kier alpha value is -1.58. The van der Waals surface area contributed by atoms with Crippen molar-refractivity contribution in [2.24, 2.45) is 5.92 Å². The lowest BCUT2D eigenvalue weighted by molar-refractivity contribution is -0.144. The fourth-order valence-corrected chi connectivity index (χ4v) is 1.78. The van der Waals surface area contributed by atoms with Gasteiger partial charge in [0.15, 0.2) is 0 Å². The number of rotatable bonds is 4. The number of hydrogen-bond donors (Lipinski definition) is 0. The first-order chi connectivity index (χ1) is 7.76. The van der Waals surface area contributed by atoms with E-state index in [1.807, 2.05) is 19.1 Å². The molecule has 4 nitrogen and oxygen atoms in total. The molecule has 1 aromatic heterocycles. The van der Waals surface area contributed by atoms with Gasteiger partial charge in [0.2, 0.25) is 5.88 Å². The minimum atomic E-state index is -0.114. The van der Waals surface area contributed by atoms with Crippen LogP contribution in [0, 0.1) is 5.92 Å². The molecule has 16 heavy (non-hydrogen) atoms. The quantitative estimate of drug-likeness (QED) is 0.727. The molecule has 0 bridgehead atoms. The SMILES string of the molecule is CCOC(=O)C1CC1c1cccc(OC)n1. The number of esters is 1. The van der Waals surface area contributed by atoms with Crippen LogP contribution in [-0.2, 0) is 9.53 Å². The summed E-state index contributed by atoms with van der Waals surface area (Å²) in [5, 5.41) is 0. The van der Waals surface area contributed by atoms with Crippen LogP contribution in [0.2, 0.25) is 0 Å². The van der Waals surface area contributed by atoms with Crippen LogP contribution in [-0.4, -0.2) is 24.7 Å². The highest BCUT2D eigenvalue weighted by atomic mass is 16.5. The molecule has 86 valence electrons. The Morgan fingerprint density at radius 1 is 1.56 bits per heavy atom. The van der Waals surface area contributed by atoms with Gasteiger partial charge in [0.25, 0.3) is 0 Å². The van der Waals surface area contributed by atoms with Gasteiger partial charge in [-0.15, -0.1) is 0 Å². The van der Waals surface area contributed by atoms with Crippen molar-refractivity contribution in [1.29, 1.82) is 0 Å². The molecule has 1 aliphatic rings. The molecule has 1 heterocycles. The van der Waals surface area contributed by atoms with Crippen LogP contribution in [0.15, 0.2) is 18.2 Å². The van der Waals surface area contributed by atoms with Crippen LogP contribution >= 0.6 is 0 Å². The Labute approximate surface area is 94.6 Å². The third kappa shape index (κ3) is 2.15. The predicted molar refractivity (Wildman–Crippen MR) is 58.3 cm³/mol. The van der Waals surface area contributed by atoms with Crippen molar-refractivity contribution in [3.05, 3.63) is 23.9 Å². The van der Waals surface area contributed by atoms with E-state index in [4.69, 9.17) is 9.47 Å². The van der Waals surface area contributed by atoms with E-state index >= 15 is 0 Å². The first-order valence-corrected chi connectivity index (χ1v) is 5.43. The molecule has 2 unspecified atom stereocenters. The largest absolute Gasteiger partial charge is 0.481 e. The number of methoxy groups -OCH3 is 1. The number of aromatic nitrogens is 1. The zero-order valence-corrected chi connectivity index (χ0v) is 9.47. The molecule has 1 aromatic rings. The Morgan fingerprint density at radius 3 is 3.06 bits per heavy atom. The van der Waals surface area contributed by atoms with E-state index in [0.29, 0.717) is 12.5 Å². The van der Waals surface area contributed by atoms with Gasteiger partial charge in [-0.1, -0.05) is 6.07 Å². The summed E-state index contributed by atoms with van der Waals surface area (Å²) >= 11 is 0. The van der Waals surface area contributed by atoms with E-state index < -0.39 is 0 Å². The molecule has 0 aromatic carbocycles. The number of ether oxygens (including phenoxy) is 2. The average molecular weight is 221 g/mol. The van der Waals surface area contributed by atoms with Crippen molar-refractivity contribution in [2.45, 2.75) is 19.3 Å². The van der Waals surface area contributed by atoms with Crippen molar-refractivity contribution in [3.8, 4) is 5.88 Å². The molecule has 4 heteroatoms. The molecule has 0 aliphatic heterocycles. The molecular weight excluding hydrogens is 206 g/mol. The van der Waals surface area contributed by atoms with Gasteiger partial charge in [-0.3, -0.25) is 4.79 Å². The fraction of sp³-hybridized carbons (Fsp3) is 0.500. The van der Waals surface area contributed by atoms with Crippen molar-refractivity contribution in [3.63, 3.8) is 0 Å². The predicted octanol–water partition coefficient (Wildman–Crippen LogP) is 1.76. The lowest BCUT2D eigenvalue weighted by Crippen LogP contribution is -2.07. The normalized spacial score (nSPS) is 22.6. The van der Waals surface area contributed by atoms with Gasteiger partial charge in [-0.05, 0) is 19.4 Å². The van der Waals surface area contributed by atoms with Gasteiger partial charge in [-0.25, -0.2) is 4.98 Å². The number of carbonyl (C=O) groups excluding carboxylic acids is 1. The molecule has 0 N–H and O–H groups in total. The summed E-state index contributed by atoms with van der Waals surface area (Å²) in [4.78, 5) is 15.8. The van der Waals surface area contributed by atoms with E-state index in [2.05, 4.69) is 4.98 Å². The van der Waals surface area contributed by atoms with Crippen LogP contribution < -0.4 is 4.74 Å². The minimum Gasteiger partial charge on any atom is -0.481 e. The standard InChI is InChI=1S/C12H15NO3/c1-3-16-12(14)9-7-8(9)10-5-4-6-11(13-10)15-2/h4-6,8-9H,3,7H2,1-2H3. The summed E-state index contributed by atoms with van der Waals surface area (Å²) in [6.45, 7) is 2.26. The third-order valence-corrected chi connectivity index (χ3v) is 2.71. The van der Waals surface area contributed by atoms with Crippen LogP contribution in [0.4, 0.5) is 0 Å². The molecule has 1 fully saturated rings. The van der Waals surface area contributed by atoms with E-state index in [1.165, 1.54) is 0 Å². The molecule has 0 amide bonds. The number of nitrogens with zero attached hydrogens (tertiary/aromatic N) is 1. The van der Waals surface area contributed by atoms with Crippen molar-refractivity contribution >= 4 is 5.97 Å². The fourth-order valence-electron chi connectivity index (χ4n) is 1.78. The number of hydrogen-bond acceptors (Lipinski definition) is 4. The van der Waals surface area contributed by atoms with Gasteiger partial charge >= 0.3 is 5.97 Å². The molecular formula is C12H15NO3. The highest BCUT2D eigenvalue weighted by Gasteiger charge is 2.46. The van der Waals surface area contributed by atoms with Crippen LogP contribution in [0.1, 0.15) is 25.0 Å². The summed E-state index contributed by atoms with van der Waals surface area (Å²) in [6.07, 6.45) is 0.832. The van der Waals surface area contributed by atoms with Crippen LogP contribution in [0.3, 0.4) is 0 Å². The van der Waals surface area contributed by atoms with Gasteiger partial charge in [0.1, 0.15) is 0 Å². The lowest BCUT2D eigenvalue weighted by Gasteiger charge is -2.03. The minimum absolute atomic E-state index is 0.0143. The molecule has 1 saturated carbocycles. The zero-order valence-electron chi connectivity index (χ0n) is 9.47. The second-order valence-corrected chi connectivity index (χ2v) is 3.81. The first-order valence-electron chi connectivity index (χ1n) is 5.43. The first kappa shape index (κ1) is 10.9. The third-order valence-electron chi connectivity index (χ3n) is 2.71. The maximum Gasteiger partial charge on any atom is 0.309 e. The Morgan fingerprint density at radius 2 is 2.38 bits per heavy atom. The van der Waals surface area contributed by atoms with Crippen molar-refractivity contribution < 1.29 is 14.3 Å². The van der Waals surface area contributed by atoms with E-state index in [9.17, 15) is 4.79 Å². The van der Waals surface area contributed by atoms with E-state index in [-0.39, 0.29) is 17.8 Å². The summed E-state index contributed by atoms with van der Waals surface area (Å²) in [5.41, 5.74) is 0.914. The molecule has 2 atom stereocenters. The van der Waals surface area contributed by atoms with Crippen molar-refractivity contribution in [2.75, 3.05) is 13.7 Å².